The van der Waals surface area contributed by atoms with Gasteiger partial charge in [0.05, 0.1) is 11.4 Å². The van der Waals surface area contributed by atoms with Crippen LogP contribution in [-0.4, -0.2) is 20.9 Å². The molecule has 0 saturated heterocycles. The molecule has 24 heavy (non-hydrogen) atoms. The summed E-state index contributed by atoms with van der Waals surface area (Å²) in [4.78, 5) is 12.2. The maximum absolute atomic E-state index is 12.3. The molecule has 0 aromatic heterocycles. The molecule has 7 heteroatoms. The average molecular weight is 367 g/mol. The molecule has 0 radical (unpaired) electrons. The van der Waals surface area contributed by atoms with E-state index in [-0.39, 0.29) is 11.4 Å². The molecule has 2 rings (SSSR count). The van der Waals surface area contributed by atoms with Crippen LogP contribution in [0.15, 0.2) is 41.3 Å². The van der Waals surface area contributed by atoms with Crippen LogP contribution in [-0.2, 0) is 14.8 Å². The highest BCUT2D eigenvalue weighted by Gasteiger charge is 2.18. The summed E-state index contributed by atoms with van der Waals surface area (Å²) in [5, 5.41) is 3.18. The SMILES string of the molecule is Cc1ccc(S(=O)(=O)NCC(=O)Nc2cccc(Cl)c2C)c(C)c1. The van der Waals surface area contributed by atoms with Crippen molar-refractivity contribution in [2.75, 3.05) is 11.9 Å². The molecule has 0 unspecified atom stereocenters. The summed E-state index contributed by atoms with van der Waals surface area (Å²) in [6, 6.07) is 10.2. The lowest BCUT2D eigenvalue weighted by molar-refractivity contribution is -0.115. The molecule has 0 aliphatic rings. The van der Waals surface area contributed by atoms with Gasteiger partial charge in [-0.05, 0) is 50.1 Å². The molecule has 0 bridgehead atoms. The zero-order valence-electron chi connectivity index (χ0n) is 13.7. The van der Waals surface area contributed by atoms with Crippen LogP contribution >= 0.6 is 11.6 Å². The maximum atomic E-state index is 12.3. The van der Waals surface area contributed by atoms with Crippen molar-refractivity contribution >= 4 is 33.2 Å². The first-order chi connectivity index (χ1) is 11.2. The van der Waals surface area contributed by atoms with Crippen LogP contribution in [0.25, 0.3) is 0 Å². The summed E-state index contributed by atoms with van der Waals surface area (Å²) in [7, 11) is -3.75. The highest BCUT2D eigenvalue weighted by molar-refractivity contribution is 7.89. The molecule has 2 aromatic carbocycles. The number of nitrogens with one attached hydrogen (secondary N) is 2. The van der Waals surface area contributed by atoms with Gasteiger partial charge in [0, 0.05) is 10.7 Å². The second-order valence-electron chi connectivity index (χ2n) is 5.55. The number of carbonyl (C=O) groups is 1. The van der Waals surface area contributed by atoms with E-state index in [4.69, 9.17) is 11.6 Å². The minimum absolute atomic E-state index is 0.167. The van der Waals surface area contributed by atoms with Gasteiger partial charge in [-0.2, -0.15) is 0 Å². The number of sulfonamides is 1. The van der Waals surface area contributed by atoms with E-state index in [0.29, 0.717) is 16.3 Å². The predicted molar refractivity (Wildman–Crippen MR) is 95.9 cm³/mol. The van der Waals surface area contributed by atoms with E-state index >= 15 is 0 Å². The molecular weight excluding hydrogens is 348 g/mol. The fourth-order valence-electron chi connectivity index (χ4n) is 2.28. The summed E-state index contributed by atoms with van der Waals surface area (Å²) in [5.41, 5.74) is 2.89. The van der Waals surface area contributed by atoms with Crippen LogP contribution in [0.4, 0.5) is 5.69 Å². The topological polar surface area (TPSA) is 75.3 Å². The van der Waals surface area contributed by atoms with Crippen molar-refractivity contribution in [1.29, 1.82) is 0 Å². The number of aryl methyl sites for hydroxylation is 2. The Balaban J connectivity index is 2.06. The Morgan fingerprint density at radius 3 is 2.50 bits per heavy atom. The van der Waals surface area contributed by atoms with E-state index in [9.17, 15) is 13.2 Å². The maximum Gasteiger partial charge on any atom is 0.241 e. The summed E-state index contributed by atoms with van der Waals surface area (Å²) < 4.78 is 27.0. The lowest BCUT2D eigenvalue weighted by Crippen LogP contribution is -2.33. The Bertz CT molecular complexity index is 879. The molecule has 0 spiro atoms. The van der Waals surface area contributed by atoms with Crippen molar-refractivity contribution in [2.24, 2.45) is 0 Å². The van der Waals surface area contributed by atoms with Crippen LogP contribution in [0, 0.1) is 20.8 Å². The second-order valence-corrected chi connectivity index (χ2v) is 7.70. The molecule has 0 saturated carbocycles. The van der Waals surface area contributed by atoms with Crippen molar-refractivity contribution in [3.05, 3.63) is 58.1 Å². The monoisotopic (exact) mass is 366 g/mol. The van der Waals surface area contributed by atoms with Gasteiger partial charge in [-0.25, -0.2) is 13.1 Å². The number of anilines is 1. The van der Waals surface area contributed by atoms with Gasteiger partial charge < -0.3 is 5.32 Å². The first kappa shape index (κ1) is 18.4. The lowest BCUT2D eigenvalue weighted by atomic mass is 10.2. The lowest BCUT2D eigenvalue weighted by Gasteiger charge is -2.12. The summed E-state index contributed by atoms with van der Waals surface area (Å²) in [6.07, 6.45) is 0. The molecule has 5 nitrogen and oxygen atoms in total. The highest BCUT2D eigenvalue weighted by Crippen LogP contribution is 2.22. The van der Waals surface area contributed by atoms with Gasteiger partial charge in [0.25, 0.3) is 0 Å². The predicted octanol–water partition coefficient (Wildman–Crippen LogP) is 3.18. The van der Waals surface area contributed by atoms with Crippen LogP contribution in [0.1, 0.15) is 16.7 Å². The Labute approximate surface area is 147 Å². The number of benzene rings is 2. The van der Waals surface area contributed by atoms with Crippen molar-refractivity contribution in [3.63, 3.8) is 0 Å². The minimum Gasteiger partial charge on any atom is -0.325 e. The van der Waals surface area contributed by atoms with E-state index in [0.717, 1.165) is 11.1 Å². The van der Waals surface area contributed by atoms with E-state index in [1.54, 1.807) is 44.2 Å². The molecule has 0 aliphatic carbocycles. The largest absolute Gasteiger partial charge is 0.325 e. The number of halogens is 1. The van der Waals surface area contributed by atoms with E-state index in [1.165, 1.54) is 6.07 Å². The molecular formula is C17H19ClN2O3S. The zero-order chi connectivity index (χ0) is 17.9. The average Bonchev–Trinajstić information content (AvgIpc) is 2.49. The molecule has 2 N–H and O–H groups in total. The molecule has 1 amide bonds. The fourth-order valence-corrected chi connectivity index (χ4v) is 3.66. The number of rotatable bonds is 5. The molecule has 0 heterocycles. The Hall–Kier alpha value is -1.89. The number of hydrogen-bond acceptors (Lipinski definition) is 3. The van der Waals surface area contributed by atoms with Gasteiger partial charge in [-0.15, -0.1) is 0 Å². The van der Waals surface area contributed by atoms with Gasteiger partial charge in [-0.3, -0.25) is 4.79 Å². The third-order valence-corrected chi connectivity index (χ3v) is 5.56. The van der Waals surface area contributed by atoms with Crippen molar-refractivity contribution in [1.82, 2.24) is 4.72 Å². The van der Waals surface area contributed by atoms with Crippen molar-refractivity contribution < 1.29 is 13.2 Å². The smallest absolute Gasteiger partial charge is 0.241 e. The Morgan fingerprint density at radius 1 is 1.12 bits per heavy atom. The van der Waals surface area contributed by atoms with Gasteiger partial charge >= 0.3 is 0 Å². The van der Waals surface area contributed by atoms with E-state index < -0.39 is 15.9 Å². The minimum atomic E-state index is -3.75. The zero-order valence-corrected chi connectivity index (χ0v) is 15.3. The first-order valence-electron chi connectivity index (χ1n) is 7.32. The van der Waals surface area contributed by atoms with Gasteiger partial charge in [0.2, 0.25) is 15.9 Å². The van der Waals surface area contributed by atoms with Crippen molar-refractivity contribution in [3.8, 4) is 0 Å². The van der Waals surface area contributed by atoms with Gasteiger partial charge in [-0.1, -0.05) is 35.4 Å². The molecule has 0 aliphatic heterocycles. The molecule has 0 fully saturated rings. The number of amides is 1. The first-order valence-corrected chi connectivity index (χ1v) is 9.18. The van der Waals surface area contributed by atoms with E-state index in [2.05, 4.69) is 10.0 Å². The Morgan fingerprint density at radius 2 is 1.83 bits per heavy atom. The van der Waals surface area contributed by atoms with Crippen LogP contribution in [0.3, 0.4) is 0 Å². The second kappa shape index (κ2) is 7.34. The fraction of sp³-hybridized carbons (Fsp3) is 0.235. The third-order valence-electron chi connectivity index (χ3n) is 3.58. The van der Waals surface area contributed by atoms with Gasteiger partial charge in [0.15, 0.2) is 0 Å². The van der Waals surface area contributed by atoms with Gasteiger partial charge in [0.1, 0.15) is 0 Å². The molecule has 128 valence electrons. The van der Waals surface area contributed by atoms with Crippen LogP contribution in [0.5, 0.6) is 0 Å². The summed E-state index contributed by atoms with van der Waals surface area (Å²) in [6.45, 7) is 5.02. The summed E-state index contributed by atoms with van der Waals surface area (Å²) in [5.74, 6) is -0.464. The highest BCUT2D eigenvalue weighted by atomic mass is 35.5. The molecule has 0 atom stereocenters. The normalized spacial score (nSPS) is 11.3. The Kier molecular flexibility index (Phi) is 5.64. The van der Waals surface area contributed by atoms with Crippen molar-refractivity contribution in [2.45, 2.75) is 25.7 Å². The number of hydrogen-bond donors (Lipinski definition) is 2. The molecule has 2 aromatic rings. The summed E-state index contributed by atoms with van der Waals surface area (Å²) >= 11 is 5.99. The third kappa shape index (κ3) is 4.35. The van der Waals surface area contributed by atoms with E-state index in [1.807, 2.05) is 6.92 Å². The number of carbonyl (C=O) groups excluding carboxylic acids is 1. The quantitative estimate of drug-likeness (QED) is 0.853. The van der Waals surface area contributed by atoms with Crippen LogP contribution in [0.2, 0.25) is 5.02 Å². The van der Waals surface area contributed by atoms with Crippen LogP contribution < -0.4 is 10.0 Å². The standard InChI is InChI=1S/C17H19ClN2O3S/c1-11-7-8-16(12(2)9-11)24(22,23)19-10-17(21)20-15-6-4-5-14(18)13(15)3/h4-9,19H,10H2,1-3H3,(H,20,21).